The monoisotopic (exact) mass is 215 g/mol. The molecule has 0 spiro atoms. The summed E-state index contributed by atoms with van der Waals surface area (Å²) < 4.78 is 10.2. The van der Waals surface area contributed by atoms with Crippen molar-refractivity contribution in [2.75, 3.05) is 26.8 Å². The van der Waals surface area contributed by atoms with E-state index in [1.54, 1.807) is 0 Å². The van der Waals surface area contributed by atoms with Gasteiger partial charge in [-0.15, -0.1) is 0 Å². The van der Waals surface area contributed by atoms with Gasteiger partial charge in [0.1, 0.15) is 0 Å². The fourth-order valence-corrected chi connectivity index (χ4v) is 1.85. The first-order valence-electron chi connectivity index (χ1n) is 5.48. The van der Waals surface area contributed by atoms with Crippen LogP contribution in [-0.4, -0.2) is 49.8 Å². The molecular formula is C11H21NO3. The number of nitrogens with zero attached hydrogens (tertiary/aromatic N) is 1. The van der Waals surface area contributed by atoms with Crippen LogP contribution in [0, 0.1) is 5.92 Å². The quantitative estimate of drug-likeness (QED) is 0.656. The summed E-state index contributed by atoms with van der Waals surface area (Å²) >= 11 is 0. The topological polar surface area (TPSA) is 38.8 Å². The Morgan fingerprint density at radius 2 is 2.27 bits per heavy atom. The van der Waals surface area contributed by atoms with Crippen LogP contribution in [0.4, 0.5) is 0 Å². The van der Waals surface area contributed by atoms with Gasteiger partial charge in [0.2, 0.25) is 0 Å². The molecule has 0 N–H and O–H groups in total. The van der Waals surface area contributed by atoms with Gasteiger partial charge in [0.15, 0.2) is 0 Å². The van der Waals surface area contributed by atoms with Gasteiger partial charge in [-0.05, 0) is 13.8 Å². The summed E-state index contributed by atoms with van der Waals surface area (Å²) in [5.74, 6) is -0.205. The summed E-state index contributed by atoms with van der Waals surface area (Å²) in [6.07, 6.45) is 0.256. The summed E-state index contributed by atoms with van der Waals surface area (Å²) in [6.45, 7) is 8.47. The Balaban J connectivity index is 2.45. The maximum absolute atomic E-state index is 11.3. The molecule has 0 aromatic heterocycles. The van der Waals surface area contributed by atoms with Gasteiger partial charge < -0.3 is 9.47 Å². The van der Waals surface area contributed by atoms with Crippen LogP contribution in [0.15, 0.2) is 0 Å². The summed E-state index contributed by atoms with van der Waals surface area (Å²) in [5, 5.41) is 0. The number of hydrogen-bond donors (Lipinski definition) is 0. The molecule has 0 aliphatic carbocycles. The maximum Gasteiger partial charge on any atom is 0.309 e. The molecule has 15 heavy (non-hydrogen) atoms. The third-order valence-corrected chi connectivity index (χ3v) is 2.85. The molecule has 88 valence electrons. The molecule has 4 heteroatoms. The number of morpholine rings is 1. The molecule has 4 nitrogen and oxygen atoms in total. The minimum absolute atomic E-state index is 0.0669. The molecule has 0 aromatic rings. The molecule has 1 aliphatic heterocycles. The lowest BCUT2D eigenvalue weighted by atomic mass is 10.1. The van der Waals surface area contributed by atoms with Crippen molar-refractivity contribution < 1.29 is 14.3 Å². The number of methoxy groups -OCH3 is 1. The van der Waals surface area contributed by atoms with E-state index in [0.29, 0.717) is 6.04 Å². The summed E-state index contributed by atoms with van der Waals surface area (Å²) in [4.78, 5) is 13.6. The molecule has 0 saturated carbocycles. The molecule has 0 bridgehead atoms. The van der Waals surface area contributed by atoms with Crippen molar-refractivity contribution in [2.24, 2.45) is 5.92 Å². The lowest BCUT2D eigenvalue weighted by molar-refractivity contribution is -0.146. The van der Waals surface area contributed by atoms with Gasteiger partial charge in [0, 0.05) is 19.1 Å². The summed E-state index contributed by atoms with van der Waals surface area (Å²) in [7, 11) is 1.43. The smallest absolute Gasteiger partial charge is 0.309 e. The Morgan fingerprint density at radius 1 is 1.60 bits per heavy atom. The summed E-state index contributed by atoms with van der Waals surface area (Å²) in [5.41, 5.74) is 0. The average molecular weight is 215 g/mol. The highest BCUT2D eigenvalue weighted by Crippen LogP contribution is 2.13. The van der Waals surface area contributed by atoms with E-state index in [9.17, 15) is 4.79 Å². The van der Waals surface area contributed by atoms with Crippen LogP contribution < -0.4 is 0 Å². The van der Waals surface area contributed by atoms with Crippen molar-refractivity contribution in [1.82, 2.24) is 4.90 Å². The average Bonchev–Trinajstić information content (AvgIpc) is 2.22. The Labute approximate surface area is 91.5 Å². The second kappa shape index (κ2) is 5.47. The van der Waals surface area contributed by atoms with Crippen molar-refractivity contribution in [3.8, 4) is 0 Å². The highest BCUT2D eigenvalue weighted by Gasteiger charge is 2.26. The van der Waals surface area contributed by atoms with Gasteiger partial charge in [0.25, 0.3) is 0 Å². The van der Waals surface area contributed by atoms with Gasteiger partial charge in [0.05, 0.1) is 25.7 Å². The maximum atomic E-state index is 11.3. The van der Waals surface area contributed by atoms with E-state index in [2.05, 4.69) is 18.7 Å². The van der Waals surface area contributed by atoms with Crippen LogP contribution in [0.25, 0.3) is 0 Å². The van der Waals surface area contributed by atoms with E-state index < -0.39 is 0 Å². The molecule has 1 aliphatic rings. The molecule has 1 rings (SSSR count). The van der Waals surface area contributed by atoms with Gasteiger partial charge in [-0.1, -0.05) is 6.92 Å². The highest BCUT2D eigenvalue weighted by atomic mass is 16.5. The van der Waals surface area contributed by atoms with Crippen LogP contribution >= 0.6 is 0 Å². The van der Waals surface area contributed by atoms with Crippen LogP contribution in [0.3, 0.4) is 0 Å². The fraction of sp³-hybridized carbons (Fsp3) is 0.909. The minimum atomic E-state index is -0.138. The molecule has 3 atom stereocenters. The Bertz CT molecular complexity index is 220. The fourth-order valence-electron chi connectivity index (χ4n) is 1.85. The van der Waals surface area contributed by atoms with E-state index in [4.69, 9.17) is 9.47 Å². The molecule has 0 amide bonds. The zero-order valence-electron chi connectivity index (χ0n) is 10.0. The standard InChI is InChI=1S/C11H21NO3/c1-8(11(13)14-4)5-12-6-10(3)15-7-9(12)2/h8-10H,5-7H2,1-4H3. The van der Waals surface area contributed by atoms with Crippen LogP contribution in [-0.2, 0) is 14.3 Å². The van der Waals surface area contributed by atoms with Crippen molar-refractivity contribution in [1.29, 1.82) is 0 Å². The zero-order chi connectivity index (χ0) is 11.4. The van der Waals surface area contributed by atoms with Gasteiger partial charge in [-0.3, -0.25) is 9.69 Å². The van der Waals surface area contributed by atoms with E-state index in [-0.39, 0.29) is 18.0 Å². The van der Waals surface area contributed by atoms with Crippen molar-refractivity contribution >= 4 is 5.97 Å². The van der Waals surface area contributed by atoms with E-state index >= 15 is 0 Å². The molecule has 1 saturated heterocycles. The zero-order valence-corrected chi connectivity index (χ0v) is 10.0. The first-order valence-corrected chi connectivity index (χ1v) is 5.48. The highest BCUT2D eigenvalue weighted by molar-refractivity contribution is 5.72. The van der Waals surface area contributed by atoms with Crippen molar-refractivity contribution in [3.63, 3.8) is 0 Å². The first-order chi connectivity index (χ1) is 7.04. The normalized spacial score (nSPS) is 29.9. The predicted octanol–water partition coefficient (Wildman–Crippen LogP) is 0.905. The minimum Gasteiger partial charge on any atom is -0.469 e. The molecule has 0 radical (unpaired) electrons. The van der Waals surface area contributed by atoms with Gasteiger partial charge in [-0.2, -0.15) is 0 Å². The van der Waals surface area contributed by atoms with E-state index in [0.717, 1.165) is 19.7 Å². The second-order valence-corrected chi connectivity index (χ2v) is 4.37. The number of ether oxygens (including phenoxy) is 2. The van der Waals surface area contributed by atoms with Gasteiger partial charge in [-0.25, -0.2) is 0 Å². The molecule has 1 fully saturated rings. The molecule has 3 unspecified atom stereocenters. The third kappa shape index (κ3) is 3.47. The molecule has 0 aromatic carbocycles. The van der Waals surface area contributed by atoms with Crippen LogP contribution in [0.2, 0.25) is 0 Å². The van der Waals surface area contributed by atoms with Crippen LogP contribution in [0.5, 0.6) is 0 Å². The largest absolute Gasteiger partial charge is 0.469 e. The first kappa shape index (κ1) is 12.5. The van der Waals surface area contributed by atoms with E-state index in [1.165, 1.54) is 7.11 Å². The Kier molecular flexibility index (Phi) is 4.54. The number of hydrogen-bond acceptors (Lipinski definition) is 4. The SMILES string of the molecule is COC(=O)C(C)CN1CC(C)OCC1C. The third-order valence-electron chi connectivity index (χ3n) is 2.85. The predicted molar refractivity (Wildman–Crippen MR) is 57.6 cm³/mol. The Morgan fingerprint density at radius 3 is 2.87 bits per heavy atom. The number of rotatable bonds is 3. The van der Waals surface area contributed by atoms with Crippen LogP contribution in [0.1, 0.15) is 20.8 Å². The second-order valence-electron chi connectivity index (χ2n) is 4.37. The van der Waals surface area contributed by atoms with Crippen molar-refractivity contribution in [3.05, 3.63) is 0 Å². The lowest BCUT2D eigenvalue weighted by Gasteiger charge is -2.37. The lowest BCUT2D eigenvalue weighted by Crippen LogP contribution is -2.49. The molecular weight excluding hydrogens is 194 g/mol. The number of esters is 1. The number of carbonyl (C=O) groups excluding carboxylic acids is 1. The summed E-state index contributed by atoms with van der Waals surface area (Å²) in [6, 6.07) is 0.383. The van der Waals surface area contributed by atoms with Gasteiger partial charge >= 0.3 is 5.97 Å². The van der Waals surface area contributed by atoms with Crippen molar-refractivity contribution in [2.45, 2.75) is 32.9 Å². The van der Waals surface area contributed by atoms with E-state index in [1.807, 2.05) is 6.92 Å². The molecule has 1 heterocycles. The Hall–Kier alpha value is -0.610. The number of carbonyl (C=O) groups is 1.